The number of H-pyrrole nitrogens is 1. The molecule has 0 aliphatic rings. The number of aromatic amines is 1. The van der Waals surface area contributed by atoms with Crippen LogP contribution in [0.4, 0.5) is 8.78 Å². The smallest absolute Gasteiger partial charge is 0.387 e. The van der Waals surface area contributed by atoms with E-state index in [1.165, 1.54) is 18.2 Å². The molecule has 1 aromatic heterocycles. The molecule has 2 N–H and O–H groups in total. The molecule has 8 heteroatoms. The number of carbonyl (C=O) groups excluding carboxylic acids is 2. The lowest BCUT2D eigenvalue weighted by Gasteiger charge is -2.20. The van der Waals surface area contributed by atoms with Gasteiger partial charge in [0.2, 0.25) is 0 Å². The molecular formula is C21H18F2N2O4. The Balaban J connectivity index is 1.70. The van der Waals surface area contributed by atoms with Crippen molar-refractivity contribution < 1.29 is 27.8 Å². The summed E-state index contributed by atoms with van der Waals surface area (Å²) in [5.74, 6) is -1.14. The predicted octanol–water partition coefficient (Wildman–Crippen LogP) is 3.68. The van der Waals surface area contributed by atoms with Crippen LogP contribution in [0.15, 0.2) is 72.9 Å². The van der Waals surface area contributed by atoms with Crippen molar-refractivity contribution >= 4 is 11.9 Å². The van der Waals surface area contributed by atoms with Gasteiger partial charge in [-0.3, -0.25) is 4.79 Å². The summed E-state index contributed by atoms with van der Waals surface area (Å²) in [6.45, 7) is -3.38. The Kier molecular flexibility index (Phi) is 6.57. The molecule has 0 spiro atoms. The van der Waals surface area contributed by atoms with Gasteiger partial charge in [0, 0.05) is 6.20 Å². The molecular weight excluding hydrogens is 382 g/mol. The molecule has 3 aromatic rings. The average Bonchev–Trinajstić information content (AvgIpc) is 3.26. The van der Waals surface area contributed by atoms with E-state index in [1.807, 2.05) is 30.3 Å². The summed E-state index contributed by atoms with van der Waals surface area (Å²) < 4.78 is 34.0. The van der Waals surface area contributed by atoms with E-state index in [-0.39, 0.29) is 11.4 Å². The Morgan fingerprint density at radius 1 is 0.931 bits per heavy atom. The predicted molar refractivity (Wildman–Crippen MR) is 101 cm³/mol. The Hall–Kier alpha value is -3.68. The second-order valence-corrected chi connectivity index (χ2v) is 6.02. The van der Waals surface area contributed by atoms with Crippen molar-refractivity contribution in [2.75, 3.05) is 6.61 Å². The van der Waals surface area contributed by atoms with Gasteiger partial charge in [-0.15, -0.1) is 0 Å². The van der Waals surface area contributed by atoms with Crippen LogP contribution < -0.4 is 10.1 Å². The van der Waals surface area contributed by atoms with E-state index in [0.29, 0.717) is 5.56 Å². The maximum Gasteiger partial charge on any atom is 0.387 e. The van der Waals surface area contributed by atoms with Gasteiger partial charge in [-0.05, 0) is 35.4 Å². The van der Waals surface area contributed by atoms with Crippen molar-refractivity contribution in [3.05, 3.63) is 89.7 Å². The highest BCUT2D eigenvalue weighted by molar-refractivity contribution is 5.89. The molecule has 0 saturated heterocycles. The van der Waals surface area contributed by atoms with Gasteiger partial charge in [0.1, 0.15) is 11.4 Å². The average molecular weight is 400 g/mol. The fourth-order valence-electron chi connectivity index (χ4n) is 2.72. The first-order valence-electron chi connectivity index (χ1n) is 8.72. The van der Waals surface area contributed by atoms with Crippen molar-refractivity contribution in [2.24, 2.45) is 0 Å². The van der Waals surface area contributed by atoms with Gasteiger partial charge in [0.15, 0.2) is 6.61 Å². The maximum absolute atomic E-state index is 12.4. The number of esters is 1. The zero-order valence-corrected chi connectivity index (χ0v) is 15.2. The summed E-state index contributed by atoms with van der Waals surface area (Å²) in [6, 6.07) is 17.7. The van der Waals surface area contributed by atoms with Crippen molar-refractivity contribution in [3.8, 4) is 5.75 Å². The maximum atomic E-state index is 12.4. The fraction of sp³-hybridized carbons (Fsp3) is 0.143. The van der Waals surface area contributed by atoms with E-state index < -0.39 is 31.1 Å². The fourth-order valence-corrected chi connectivity index (χ4v) is 2.72. The van der Waals surface area contributed by atoms with E-state index in [0.717, 1.165) is 5.56 Å². The minimum Gasteiger partial charge on any atom is -0.451 e. The normalized spacial score (nSPS) is 11.7. The van der Waals surface area contributed by atoms with Crippen molar-refractivity contribution in [1.82, 2.24) is 10.3 Å². The van der Waals surface area contributed by atoms with Crippen LogP contribution >= 0.6 is 0 Å². The number of hydrogen-bond donors (Lipinski definition) is 2. The molecule has 0 fully saturated rings. The molecule has 150 valence electrons. The Labute approximate surface area is 165 Å². The number of nitrogens with one attached hydrogen (secondary N) is 2. The molecule has 0 saturated carbocycles. The van der Waals surface area contributed by atoms with Gasteiger partial charge in [-0.2, -0.15) is 8.78 Å². The highest BCUT2D eigenvalue weighted by Crippen LogP contribution is 2.24. The minimum atomic E-state index is -2.92. The third kappa shape index (κ3) is 5.65. The van der Waals surface area contributed by atoms with Gasteiger partial charge in [-0.1, -0.05) is 42.5 Å². The first kappa shape index (κ1) is 20.1. The van der Waals surface area contributed by atoms with Crippen molar-refractivity contribution in [2.45, 2.75) is 12.7 Å². The monoisotopic (exact) mass is 400 g/mol. The minimum absolute atomic E-state index is 0.0155. The summed E-state index contributed by atoms with van der Waals surface area (Å²) in [5.41, 5.74) is 1.67. The Bertz CT molecular complexity index is 929. The van der Waals surface area contributed by atoms with Crippen LogP contribution in [-0.2, 0) is 9.53 Å². The number of halogens is 2. The summed E-state index contributed by atoms with van der Waals surface area (Å²) in [7, 11) is 0. The Morgan fingerprint density at radius 3 is 2.24 bits per heavy atom. The molecule has 0 aliphatic carbocycles. The third-order valence-corrected chi connectivity index (χ3v) is 4.03. The number of carbonyl (C=O) groups is 2. The molecule has 0 unspecified atom stereocenters. The zero-order chi connectivity index (χ0) is 20.6. The number of aromatic nitrogens is 1. The van der Waals surface area contributed by atoms with E-state index >= 15 is 0 Å². The molecule has 1 amide bonds. The SMILES string of the molecule is O=C(COC(=O)c1ccc[nH]1)N[C@H](c1ccccc1)c1ccc(OC(F)F)cc1. The quantitative estimate of drug-likeness (QED) is 0.566. The van der Waals surface area contributed by atoms with Crippen LogP contribution in [0.1, 0.15) is 27.7 Å². The van der Waals surface area contributed by atoms with E-state index in [2.05, 4.69) is 15.0 Å². The molecule has 0 radical (unpaired) electrons. The van der Waals surface area contributed by atoms with Gasteiger partial charge < -0.3 is 19.8 Å². The molecule has 3 rings (SSSR count). The lowest BCUT2D eigenvalue weighted by Crippen LogP contribution is -2.33. The van der Waals surface area contributed by atoms with Gasteiger partial charge in [-0.25, -0.2) is 4.79 Å². The summed E-state index contributed by atoms with van der Waals surface area (Å²) in [6.07, 6.45) is 1.57. The molecule has 0 aliphatic heterocycles. The molecule has 1 atom stereocenters. The number of benzene rings is 2. The molecule has 6 nitrogen and oxygen atoms in total. The lowest BCUT2D eigenvalue weighted by atomic mass is 9.98. The number of alkyl halides is 2. The van der Waals surface area contributed by atoms with Crippen LogP contribution in [0.3, 0.4) is 0 Å². The number of rotatable bonds is 8. The summed E-state index contributed by atoms with van der Waals surface area (Å²) >= 11 is 0. The van der Waals surface area contributed by atoms with Crippen molar-refractivity contribution in [3.63, 3.8) is 0 Å². The largest absolute Gasteiger partial charge is 0.451 e. The standard InChI is InChI=1S/C21H18F2N2O4/c22-21(23)29-16-10-8-15(9-11-16)19(14-5-2-1-3-6-14)25-18(26)13-28-20(27)17-7-4-12-24-17/h1-12,19,21,24H,13H2,(H,25,26)/t19-/m1/s1. The second kappa shape index (κ2) is 9.50. The summed E-state index contributed by atoms with van der Waals surface area (Å²) in [4.78, 5) is 26.9. The van der Waals surface area contributed by atoms with Gasteiger partial charge in [0.25, 0.3) is 5.91 Å². The van der Waals surface area contributed by atoms with E-state index in [1.54, 1.807) is 24.4 Å². The van der Waals surface area contributed by atoms with E-state index in [4.69, 9.17) is 4.74 Å². The second-order valence-electron chi connectivity index (χ2n) is 6.02. The third-order valence-electron chi connectivity index (χ3n) is 4.03. The van der Waals surface area contributed by atoms with E-state index in [9.17, 15) is 18.4 Å². The summed E-state index contributed by atoms with van der Waals surface area (Å²) in [5, 5.41) is 2.80. The number of ether oxygens (including phenoxy) is 2. The molecule has 0 bridgehead atoms. The molecule has 2 aromatic carbocycles. The molecule has 1 heterocycles. The Morgan fingerprint density at radius 2 is 1.62 bits per heavy atom. The highest BCUT2D eigenvalue weighted by Gasteiger charge is 2.19. The zero-order valence-electron chi connectivity index (χ0n) is 15.2. The van der Waals surface area contributed by atoms with Crippen LogP contribution in [0, 0.1) is 0 Å². The first-order chi connectivity index (χ1) is 14.0. The number of hydrogen-bond acceptors (Lipinski definition) is 4. The van der Waals surface area contributed by atoms with Crippen molar-refractivity contribution in [1.29, 1.82) is 0 Å². The topological polar surface area (TPSA) is 80.4 Å². The first-order valence-corrected chi connectivity index (χ1v) is 8.72. The highest BCUT2D eigenvalue weighted by atomic mass is 19.3. The van der Waals surface area contributed by atoms with Crippen LogP contribution in [0.2, 0.25) is 0 Å². The lowest BCUT2D eigenvalue weighted by molar-refractivity contribution is -0.124. The van der Waals surface area contributed by atoms with Gasteiger partial charge in [0.05, 0.1) is 6.04 Å². The van der Waals surface area contributed by atoms with Gasteiger partial charge >= 0.3 is 12.6 Å². The van der Waals surface area contributed by atoms with Crippen LogP contribution in [-0.4, -0.2) is 30.1 Å². The molecule has 29 heavy (non-hydrogen) atoms. The number of amides is 1. The van der Waals surface area contributed by atoms with Crippen LogP contribution in [0.5, 0.6) is 5.75 Å². The van der Waals surface area contributed by atoms with Crippen LogP contribution in [0.25, 0.3) is 0 Å².